The molecule has 0 saturated carbocycles. The van der Waals surface area contributed by atoms with Crippen LogP contribution in [0.15, 0.2) is 224 Å². The zero-order valence-corrected chi connectivity index (χ0v) is 36.2. The number of benzene rings is 8. The zero-order valence-electron chi connectivity index (χ0n) is 35.2. The third kappa shape index (κ3) is 7.20. The van der Waals surface area contributed by atoms with Crippen LogP contribution in [0.2, 0.25) is 13.1 Å². The summed E-state index contributed by atoms with van der Waals surface area (Å²) in [6, 6.07) is 80.0. The maximum absolute atomic E-state index is 5.38. The van der Waals surface area contributed by atoms with Gasteiger partial charge in [0.25, 0.3) is 0 Å². The van der Waals surface area contributed by atoms with Gasteiger partial charge in [0.05, 0.1) is 22.8 Å². The van der Waals surface area contributed by atoms with E-state index < -0.39 is 8.07 Å². The Hall–Kier alpha value is -7.79. The Morgan fingerprint density at radius 1 is 0.286 bits per heavy atom. The van der Waals surface area contributed by atoms with Crippen molar-refractivity contribution in [2.75, 3.05) is 0 Å². The van der Waals surface area contributed by atoms with Crippen molar-refractivity contribution >= 4 is 18.4 Å². The van der Waals surface area contributed by atoms with E-state index >= 15 is 0 Å². The molecule has 4 heteroatoms. The molecule has 0 N–H and O–H groups in total. The van der Waals surface area contributed by atoms with Crippen LogP contribution in [0.4, 0.5) is 0 Å². The van der Waals surface area contributed by atoms with E-state index in [-0.39, 0.29) is 0 Å². The Morgan fingerprint density at radius 3 is 1.25 bits per heavy atom. The first kappa shape index (κ1) is 38.2. The average Bonchev–Trinajstić information content (AvgIpc) is 3.60. The fourth-order valence-electron chi connectivity index (χ4n) is 9.24. The Labute approximate surface area is 370 Å². The second-order valence-electron chi connectivity index (χ2n) is 16.8. The van der Waals surface area contributed by atoms with Crippen molar-refractivity contribution in [3.8, 4) is 101 Å². The van der Waals surface area contributed by atoms with Gasteiger partial charge in [-0.2, -0.15) is 0 Å². The van der Waals surface area contributed by atoms with Crippen molar-refractivity contribution in [1.29, 1.82) is 0 Å². The van der Waals surface area contributed by atoms with Crippen LogP contribution in [0, 0.1) is 0 Å². The lowest BCUT2D eigenvalue weighted by Crippen LogP contribution is -2.50. The summed E-state index contributed by atoms with van der Waals surface area (Å²) in [6.07, 6.45) is 0. The number of aromatic nitrogens is 3. The Balaban J connectivity index is 0.934. The van der Waals surface area contributed by atoms with Crippen molar-refractivity contribution < 1.29 is 0 Å². The monoisotopic (exact) mass is 821 g/mol. The molecule has 298 valence electrons. The maximum Gasteiger partial charge on any atom is 0.160 e. The Morgan fingerprint density at radius 2 is 0.683 bits per heavy atom. The molecule has 0 bridgehead atoms. The summed E-state index contributed by atoms with van der Waals surface area (Å²) < 4.78 is 0. The van der Waals surface area contributed by atoms with Crippen LogP contribution in [0.1, 0.15) is 0 Å². The summed E-state index contributed by atoms with van der Waals surface area (Å²) in [6.45, 7) is 4.86. The molecule has 0 radical (unpaired) electrons. The van der Waals surface area contributed by atoms with Gasteiger partial charge in [0.15, 0.2) is 5.82 Å². The average molecular weight is 822 g/mol. The van der Waals surface area contributed by atoms with Gasteiger partial charge in [0.1, 0.15) is 8.07 Å². The van der Waals surface area contributed by atoms with Crippen LogP contribution in [0.25, 0.3) is 101 Å². The predicted molar refractivity (Wildman–Crippen MR) is 266 cm³/mol. The lowest BCUT2D eigenvalue weighted by Gasteiger charge is -2.21. The van der Waals surface area contributed by atoms with E-state index in [0.29, 0.717) is 0 Å². The van der Waals surface area contributed by atoms with E-state index in [2.05, 4.69) is 231 Å². The van der Waals surface area contributed by atoms with E-state index in [1.807, 2.05) is 6.07 Å². The highest BCUT2D eigenvalue weighted by Crippen LogP contribution is 2.37. The van der Waals surface area contributed by atoms with E-state index in [1.54, 1.807) is 0 Å². The fourth-order valence-corrected chi connectivity index (χ4v) is 12.5. The molecule has 2 aromatic heterocycles. The molecular formula is C59H43N3Si. The number of fused-ring (bicyclic) bond motifs is 3. The number of nitrogens with zero attached hydrogens (tertiary/aromatic N) is 3. The van der Waals surface area contributed by atoms with Gasteiger partial charge in [-0.25, -0.2) is 15.0 Å². The first-order valence-corrected chi connectivity index (χ1v) is 24.6. The van der Waals surface area contributed by atoms with Crippen LogP contribution in [0.3, 0.4) is 0 Å². The SMILES string of the molecule is C[Si]1(C)c2ccccc2-c2nc(-c3cccc(-c4cccc(-c5cccc(-c6cccc(-c7cc(-c8ccccc8)cc(-c8ccccc8)n7)c6)c5)c4)c3)nc(-c3ccccc3)c21. The summed E-state index contributed by atoms with van der Waals surface area (Å²) in [5, 5.41) is 2.75. The van der Waals surface area contributed by atoms with E-state index in [0.717, 1.165) is 89.8 Å². The van der Waals surface area contributed by atoms with Crippen molar-refractivity contribution in [3.05, 3.63) is 224 Å². The minimum atomic E-state index is -2.03. The van der Waals surface area contributed by atoms with Crippen LogP contribution in [-0.4, -0.2) is 23.0 Å². The highest BCUT2D eigenvalue weighted by molar-refractivity contribution is 7.04. The second-order valence-corrected chi connectivity index (χ2v) is 21.1. The van der Waals surface area contributed by atoms with Crippen LogP contribution in [-0.2, 0) is 0 Å². The van der Waals surface area contributed by atoms with Crippen molar-refractivity contribution in [3.63, 3.8) is 0 Å². The minimum absolute atomic E-state index is 0.750. The summed E-state index contributed by atoms with van der Waals surface area (Å²) in [5.41, 5.74) is 18.8. The molecule has 0 aliphatic carbocycles. The Kier molecular flexibility index (Phi) is 9.64. The van der Waals surface area contributed by atoms with E-state index in [1.165, 1.54) is 21.5 Å². The first-order valence-electron chi connectivity index (χ1n) is 21.6. The molecular weight excluding hydrogens is 779 g/mol. The maximum atomic E-state index is 5.38. The van der Waals surface area contributed by atoms with Gasteiger partial charge in [0, 0.05) is 22.3 Å². The van der Waals surface area contributed by atoms with Crippen LogP contribution >= 0.6 is 0 Å². The second kappa shape index (κ2) is 15.9. The highest BCUT2D eigenvalue weighted by atomic mass is 28.3. The molecule has 8 aromatic carbocycles. The largest absolute Gasteiger partial charge is 0.248 e. The molecule has 0 atom stereocenters. The van der Waals surface area contributed by atoms with Gasteiger partial charge in [-0.15, -0.1) is 0 Å². The molecule has 1 aliphatic heterocycles. The first-order chi connectivity index (χ1) is 31.0. The summed E-state index contributed by atoms with van der Waals surface area (Å²) in [5.74, 6) is 0.750. The van der Waals surface area contributed by atoms with Gasteiger partial charge in [-0.3, -0.25) is 0 Å². The highest BCUT2D eigenvalue weighted by Gasteiger charge is 2.41. The van der Waals surface area contributed by atoms with Crippen molar-refractivity contribution in [2.45, 2.75) is 13.1 Å². The van der Waals surface area contributed by atoms with Crippen LogP contribution in [0.5, 0.6) is 0 Å². The van der Waals surface area contributed by atoms with Crippen molar-refractivity contribution in [2.24, 2.45) is 0 Å². The molecule has 63 heavy (non-hydrogen) atoms. The third-order valence-corrected chi connectivity index (χ3v) is 15.9. The van der Waals surface area contributed by atoms with Gasteiger partial charge < -0.3 is 0 Å². The molecule has 0 saturated heterocycles. The van der Waals surface area contributed by atoms with Crippen LogP contribution < -0.4 is 10.4 Å². The quantitative estimate of drug-likeness (QED) is 0.143. The number of pyridine rings is 1. The van der Waals surface area contributed by atoms with Gasteiger partial charge >= 0.3 is 0 Å². The third-order valence-electron chi connectivity index (χ3n) is 12.4. The molecule has 0 spiro atoms. The molecule has 0 unspecified atom stereocenters. The summed E-state index contributed by atoms with van der Waals surface area (Å²) in [4.78, 5) is 16.0. The van der Waals surface area contributed by atoms with E-state index in [9.17, 15) is 0 Å². The molecule has 0 amide bonds. The Bertz CT molecular complexity index is 3250. The van der Waals surface area contributed by atoms with Gasteiger partial charge in [-0.1, -0.05) is 201 Å². The zero-order chi connectivity index (χ0) is 42.3. The fraction of sp³-hybridized carbons (Fsp3) is 0.0339. The molecule has 0 fully saturated rings. The smallest absolute Gasteiger partial charge is 0.160 e. The number of rotatable bonds is 8. The molecule has 1 aliphatic rings. The normalized spacial score (nSPS) is 12.4. The lowest BCUT2D eigenvalue weighted by atomic mass is 9.94. The standard InChI is InChI=1S/C59H43N3Si/c1-63(2)55-33-13-12-32-52(55)57-58(63)56(42-22-10-5-11-23-42)61-59(62-57)50-31-17-29-48(37-50)46-27-15-25-44(35-46)43-24-14-26-45(34-43)47-28-16-30-49(36-47)54-39-51(40-18-6-3-7-19-40)38-53(60-54)41-20-8-4-9-21-41/h3-39H,1-2H3. The van der Waals surface area contributed by atoms with Gasteiger partial charge in [0.2, 0.25) is 0 Å². The predicted octanol–water partition coefficient (Wildman–Crippen LogP) is 14.0. The summed E-state index contributed by atoms with van der Waals surface area (Å²) in [7, 11) is -2.03. The number of hydrogen-bond donors (Lipinski definition) is 0. The molecule has 11 rings (SSSR count). The van der Waals surface area contributed by atoms with Gasteiger partial charge in [-0.05, 0) is 96.8 Å². The van der Waals surface area contributed by atoms with Crippen molar-refractivity contribution in [1.82, 2.24) is 15.0 Å². The minimum Gasteiger partial charge on any atom is -0.248 e. The molecule has 3 heterocycles. The molecule has 3 nitrogen and oxygen atoms in total. The lowest BCUT2D eigenvalue weighted by molar-refractivity contribution is 1.20. The van der Waals surface area contributed by atoms with E-state index in [4.69, 9.17) is 15.0 Å². The summed E-state index contributed by atoms with van der Waals surface area (Å²) >= 11 is 0. The number of hydrogen-bond acceptors (Lipinski definition) is 3. The molecule has 10 aromatic rings. The topological polar surface area (TPSA) is 38.7 Å².